The van der Waals surface area contributed by atoms with Gasteiger partial charge in [-0.2, -0.15) is 0 Å². The van der Waals surface area contributed by atoms with Crippen LogP contribution in [0.2, 0.25) is 0 Å². The Bertz CT molecular complexity index is 528. The molecule has 0 spiro atoms. The molecule has 0 saturated heterocycles. The van der Waals surface area contributed by atoms with Crippen molar-refractivity contribution in [2.45, 2.75) is 75.1 Å². The lowest BCUT2D eigenvalue weighted by Gasteiger charge is -2.22. The Kier molecular flexibility index (Phi) is 8.65. The van der Waals surface area contributed by atoms with Crippen LogP contribution in [0.1, 0.15) is 57.9 Å². The van der Waals surface area contributed by atoms with Crippen LogP contribution in [0.25, 0.3) is 0 Å². The predicted octanol–water partition coefficient (Wildman–Crippen LogP) is 4.79. The molecule has 2 atom stereocenters. The van der Waals surface area contributed by atoms with Crippen LogP contribution in [-0.2, 0) is 10.0 Å². The largest absolute Gasteiger partial charge is 0.240 e. The molecule has 0 aliphatic heterocycles. The summed E-state index contributed by atoms with van der Waals surface area (Å²) in [5, 5.41) is 0. The molecule has 3 nitrogen and oxygen atoms in total. The van der Waals surface area contributed by atoms with Crippen LogP contribution < -0.4 is 4.72 Å². The maximum Gasteiger partial charge on any atom is 0.240 e. The number of hydrogen-bond acceptors (Lipinski definition) is 2. The molecule has 0 aliphatic rings. The third kappa shape index (κ3) is 6.39. The number of alkyl halides is 1. The van der Waals surface area contributed by atoms with Crippen molar-refractivity contribution in [2.24, 2.45) is 0 Å². The van der Waals surface area contributed by atoms with Gasteiger partial charge in [0.1, 0.15) is 0 Å². The zero-order chi connectivity index (χ0) is 16.6. The molecular formula is C17H28BrNO2S. The van der Waals surface area contributed by atoms with Crippen LogP contribution in [0.15, 0.2) is 29.2 Å². The Morgan fingerprint density at radius 3 is 2.27 bits per heavy atom. The Hall–Kier alpha value is -0.390. The molecule has 0 aliphatic carbocycles. The third-order valence-corrected chi connectivity index (χ3v) is 6.45. The van der Waals surface area contributed by atoms with Crippen molar-refractivity contribution in [2.75, 3.05) is 0 Å². The van der Waals surface area contributed by atoms with Crippen molar-refractivity contribution >= 4 is 26.0 Å². The van der Waals surface area contributed by atoms with E-state index in [1.54, 1.807) is 12.1 Å². The summed E-state index contributed by atoms with van der Waals surface area (Å²) < 4.78 is 27.8. The number of unbranched alkanes of at least 4 members (excludes halogenated alkanes) is 3. The third-order valence-electron chi connectivity index (χ3n) is 3.85. The van der Waals surface area contributed by atoms with E-state index in [9.17, 15) is 8.42 Å². The molecule has 0 radical (unpaired) electrons. The average molecular weight is 390 g/mol. The van der Waals surface area contributed by atoms with Gasteiger partial charge in [-0.15, -0.1) is 0 Å². The van der Waals surface area contributed by atoms with Crippen molar-refractivity contribution in [1.29, 1.82) is 0 Å². The highest BCUT2D eigenvalue weighted by Gasteiger charge is 2.23. The van der Waals surface area contributed by atoms with Crippen LogP contribution in [0, 0.1) is 6.92 Å². The molecule has 1 rings (SSSR count). The second-order valence-corrected chi connectivity index (χ2v) is 8.70. The number of halogens is 1. The molecular weight excluding hydrogens is 362 g/mol. The highest BCUT2D eigenvalue weighted by molar-refractivity contribution is 9.09. The molecule has 5 heteroatoms. The number of nitrogens with one attached hydrogen (secondary N) is 1. The van der Waals surface area contributed by atoms with Crippen LogP contribution in [0.4, 0.5) is 0 Å². The lowest BCUT2D eigenvalue weighted by Crippen LogP contribution is -2.40. The van der Waals surface area contributed by atoms with Crippen LogP contribution in [-0.4, -0.2) is 19.3 Å². The lowest BCUT2D eigenvalue weighted by atomic mass is 10.1. The summed E-state index contributed by atoms with van der Waals surface area (Å²) in [5.41, 5.74) is 1.06. The minimum Gasteiger partial charge on any atom is -0.207 e. The first-order chi connectivity index (χ1) is 10.4. The van der Waals surface area contributed by atoms with E-state index in [0.29, 0.717) is 4.90 Å². The first kappa shape index (κ1) is 19.7. The number of aryl methyl sites for hydroxylation is 1. The summed E-state index contributed by atoms with van der Waals surface area (Å²) in [4.78, 5) is 0.511. The fourth-order valence-corrected chi connectivity index (χ4v) is 4.73. The summed E-state index contributed by atoms with van der Waals surface area (Å²) in [6.45, 7) is 6.16. The van der Waals surface area contributed by atoms with E-state index < -0.39 is 10.0 Å². The van der Waals surface area contributed by atoms with Crippen molar-refractivity contribution in [3.8, 4) is 0 Å². The summed E-state index contributed by atoms with van der Waals surface area (Å²) in [7, 11) is -3.45. The molecule has 1 aromatic carbocycles. The molecule has 0 fully saturated rings. The number of sulfonamides is 1. The van der Waals surface area contributed by atoms with E-state index >= 15 is 0 Å². The molecule has 0 unspecified atom stereocenters. The van der Waals surface area contributed by atoms with Gasteiger partial charge >= 0.3 is 0 Å². The summed E-state index contributed by atoms with van der Waals surface area (Å²) in [5.74, 6) is 0. The summed E-state index contributed by atoms with van der Waals surface area (Å²) in [6.07, 6.45) is 6.56. The van der Waals surface area contributed by atoms with Gasteiger partial charge in [0.2, 0.25) is 10.0 Å². The van der Waals surface area contributed by atoms with Crippen LogP contribution >= 0.6 is 15.9 Å². The Morgan fingerprint density at radius 1 is 1.09 bits per heavy atom. The SMILES string of the molecule is CCCCCC[C@H](Br)[C@@H](CC)NS(=O)(=O)c1ccc(C)cc1. The quantitative estimate of drug-likeness (QED) is 0.461. The van der Waals surface area contributed by atoms with E-state index in [1.807, 2.05) is 26.0 Å². The molecule has 126 valence electrons. The lowest BCUT2D eigenvalue weighted by molar-refractivity contribution is 0.502. The maximum absolute atomic E-state index is 12.5. The van der Waals surface area contributed by atoms with E-state index in [1.165, 1.54) is 19.3 Å². The highest BCUT2D eigenvalue weighted by atomic mass is 79.9. The summed E-state index contributed by atoms with van der Waals surface area (Å²) in [6, 6.07) is 6.90. The van der Waals surface area contributed by atoms with Gasteiger partial charge in [-0.3, -0.25) is 0 Å². The van der Waals surface area contributed by atoms with Crippen molar-refractivity contribution in [3.63, 3.8) is 0 Å². The molecule has 0 amide bonds. The van der Waals surface area contributed by atoms with Gasteiger partial charge in [-0.1, -0.05) is 73.2 Å². The maximum atomic E-state index is 12.5. The standard InChI is InChI=1S/C17H28BrNO2S/c1-4-6-7-8-9-16(18)17(5-2)19-22(20,21)15-12-10-14(3)11-13-15/h10-13,16-17,19H,4-9H2,1-3H3/t16-,17+/m0/s1. The van der Waals surface area contributed by atoms with E-state index in [-0.39, 0.29) is 10.9 Å². The zero-order valence-electron chi connectivity index (χ0n) is 13.8. The van der Waals surface area contributed by atoms with Crippen LogP contribution in [0.3, 0.4) is 0 Å². The first-order valence-corrected chi connectivity index (χ1v) is 10.5. The fourth-order valence-electron chi connectivity index (χ4n) is 2.36. The molecule has 0 heterocycles. The normalized spacial score (nSPS) is 14.7. The van der Waals surface area contributed by atoms with Gasteiger partial charge < -0.3 is 0 Å². The molecule has 0 saturated carbocycles. The predicted molar refractivity (Wildman–Crippen MR) is 97.1 cm³/mol. The van der Waals surface area contributed by atoms with Gasteiger partial charge in [-0.25, -0.2) is 13.1 Å². The Balaban J connectivity index is 2.65. The zero-order valence-corrected chi connectivity index (χ0v) is 16.2. The molecule has 1 aromatic rings. The number of rotatable bonds is 10. The average Bonchev–Trinajstić information content (AvgIpc) is 2.49. The highest BCUT2D eigenvalue weighted by Crippen LogP contribution is 2.20. The molecule has 0 bridgehead atoms. The number of benzene rings is 1. The van der Waals surface area contributed by atoms with Crippen molar-refractivity contribution in [1.82, 2.24) is 4.72 Å². The van der Waals surface area contributed by atoms with E-state index in [4.69, 9.17) is 0 Å². The van der Waals surface area contributed by atoms with E-state index in [0.717, 1.165) is 24.8 Å². The minimum absolute atomic E-state index is 0.0760. The van der Waals surface area contributed by atoms with Crippen molar-refractivity contribution < 1.29 is 8.42 Å². The minimum atomic E-state index is -3.45. The molecule has 1 N–H and O–H groups in total. The molecule has 0 aromatic heterocycles. The van der Waals surface area contributed by atoms with Gasteiger partial charge in [0.25, 0.3) is 0 Å². The van der Waals surface area contributed by atoms with Gasteiger partial charge in [0.05, 0.1) is 4.90 Å². The second-order valence-electron chi connectivity index (χ2n) is 5.81. The molecule has 22 heavy (non-hydrogen) atoms. The Morgan fingerprint density at radius 2 is 1.73 bits per heavy atom. The topological polar surface area (TPSA) is 46.2 Å². The smallest absolute Gasteiger partial charge is 0.207 e. The fraction of sp³-hybridized carbons (Fsp3) is 0.647. The Labute approximate surface area is 144 Å². The van der Waals surface area contributed by atoms with Gasteiger partial charge in [0, 0.05) is 10.9 Å². The van der Waals surface area contributed by atoms with Crippen molar-refractivity contribution in [3.05, 3.63) is 29.8 Å². The number of hydrogen-bond donors (Lipinski definition) is 1. The van der Waals surface area contributed by atoms with Gasteiger partial charge in [0.15, 0.2) is 0 Å². The monoisotopic (exact) mass is 389 g/mol. The van der Waals surface area contributed by atoms with Crippen LogP contribution in [0.5, 0.6) is 0 Å². The first-order valence-electron chi connectivity index (χ1n) is 8.13. The summed E-state index contributed by atoms with van der Waals surface area (Å²) >= 11 is 3.67. The second kappa shape index (κ2) is 9.68. The van der Waals surface area contributed by atoms with E-state index in [2.05, 4.69) is 27.6 Å². The van der Waals surface area contributed by atoms with Gasteiger partial charge in [-0.05, 0) is 31.9 Å².